The van der Waals surface area contributed by atoms with Crippen LogP contribution in [0.2, 0.25) is 0 Å². The number of rotatable bonds is 5. The Balaban J connectivity index is 1.98. The van der Waals surface area contributed by atoms with Crippen molar-refractivity contribution in [1.29, 1.82) is 0 Å². The highest BCUT2D eigenvalue weighted by Gasteiger charge is 2.25. The maximum Gasteiger partial charge on any atom is 0.259 e. The smallest absolute Gasteiger partial charge is 0.259 e. The fraction of sp³-hybridized carbons (Fsp3) is 0.273. The quantitative estimate of drug-likeness (QED) is 0.734. The molecule has 0 atom stereocenters. The molecule has 2 aromatic carbocycles. The molecule has 138 valence electrons. The van der Waals surface area contributed by atoms with E-state index in [2.05, 4.69) is 34.9 Å². The van der Waals surface area contributed by atoms with Crippen LogP contribution in [0, 0.1) is 0 Å². The molecular formula is C22H24N4O. The fourth-order valence-corrected chi connectivity index (χ4v) is 3.72. The second-order valence-electron chi connectivity index (χ2n) is 6.72. The maximum atomic E-state index is 13.6. The Labute approximate surface area is 159 Å². The number of benzene rings is 2. The Morgan fingerprint density at radius 1 is 1.07 bits per heavy atom. The molecule has 0 amide bonds. The monoisotopic (exact) mass is 360 g/mol. The van der Waals surface area contributed by atoms with Crippen molar-refractivity contribution in [3.63, 3.8) is 0 Å². The van der Waals surface area contributed by atoms with E-state index in [9.17, 15) is 4.79 Å². The van der Waals surface area contributed by atoms with Crippen LogP contribution >= 0.6 is 0 Å². The number of nitrogens with zero attached hydrogens (tertiary/aromatic N) is 2. The summed E-state index contributed by atoms with van der Waals surface area (Å²) in [6, 6.07) is 20.1. The van der Waals surface area contributed by atoms with E-state index in [0.29, 0.717) is 25.5 Å². The average molecular weight is 360 g/mol. The van der Waals surface area contributed by atoms with E-state index in [4.69, 9.17) is 4.98 Å². The SMILES string of the molecule is CCNc1nc2c(c(=O)n1C(c1ccccc1)c1ccccc1)CCNC2. The van der Waals surface area contributed by atoms with Crippen molar-refractivity contribution in [3.8, 4) is 0 Å². The van der Waals surface area contributed by atoms with Crippen LogP contribution in [0.4, 0.5) is 5.95 Å². The predicted molar refractivity (Wildman–Crippen MR) is 108 cm³/mol. The van der Waals surface area contributed by atoms with E-state index in [0.717, 1.165) is 28.9 Å². The summed E-state index contributed by atoms with van der Waals surface area (Å²) < 4.78 is 1.83. The molecule has 0 saturated heterocycles. The zero-order valence-corrected chi connectivity index (χ0v) is 15.5. The van der Waals surface area contributed by atoms with Gasteiger partial charge in [0.25, 0.3) is 5.56 Å². The Morgan fingerprint density at radius 2 is 1.70 bits per heavy atom. The third kappa shape index (κ3) is 3.38. The topological polar surface area (TPSA) is 59.0 Å². The van der Waals surface area contributed by atoms with Gasteiger partial charge in [-0.3, -0.25) is 9.36 Å². The second-order valence-corrected chi connectivity index (χ2v) is 6.72. The first kappa shape index (κ1) is 17.5. The van der Waals surface area contributed by atoms with Crippen LogP contribution in [-0.2, 0) is 13.0 Å². The van der Waals surface area contributed by atoms with E-state index in [1.807, 2.05) is 47.9 Å². The van der Waals surface area contributed by atoms with Gasteiger partial charge in [0.05, 0.1) is 11.7 Å². The molecule has 1 aromatic heterocycles. The lowest BCUT2D eigenvalue weighted by atomic mass is 9.97. The zero-order valence-electron chi connectivity index (χ0n) is 15.5. The van der Waals surface area contributed by atoms with Gasteiger partial charge in [-0.15, -0.1) is 0 Å². The van der Waals surface area contributed by atoms with Crippen LogP contribution < -0.4 is 16.2 Å². The summed E-state index contributed by atoms with van der Waals surface area (Å²) in [6.45, 7) is 4.18. The molecule has 2 heterocycles. The molecule has 0 bridgehead atoms. The first-order valence-corrected chi connectivity index (χ1v) is 9.48. The number of nitrogens with one attached hydrogen (secondary N) is 2. The van der Waals surface area contributed by atoms with Crippen molar-refractivity contribution >= 4 is 5.95 Å². The third-order valence-corrected chi connectivity index (χ3v) is 4.96. The number of fused-ring (bicyclic) bond motifs is 1. The number of anilines is 1. The van der Waals surface area contributed by atoms with Crippen molar-refractivity contribution in [3.05, 3.63) is 93.4 Å². The van der Waals surface area contributed by atoms with Gasteiger partial charge in [0.15, 0.2) is 0 Å². The average Bonchev–Trinajstić information content (AvgIpc) is 2.72. The van der Waals surface area contributed by atoms with Crippen molar-refractivity contribution in [2.45, 2.75) is 25.9 Å². The van der Waals surface area contributed by atoms with Gasteiger partial charge in [0.2, 0.25) is 5.95 Å². The normalized spacial score (nSPS) is 13.4. The van der Waals surface area contributed by atoms with E-state index in [1.54, 1.807) is 0 Å². The minimum atomic E-state index is -0.221. The molecular weight excluding hydrogens is 336 g/mol. The molecule has 0 unspecified atom stereocenters. The van der Waals surface area contributed by atoms with E-state index >= 15 is 0 Å². The van der Waals surface area contributed by atoms with Gasteiger partial charge >= 0.3 is 0 Å². The van der Waals surface area contributed by atoms with Crippen molar-refractivity contribution in [1.82, 2.24) is 14.9 Å². The molecule has 5 heteroatoms. The molecule has 3 aromatic rings. The van der Waals surface area contributed by atoms with Crippen molar-refractivity contribution in [2.24, 2.45) is 0 Å². The van der Waals surface area contributed by atoms with Crippen LogP contribution in [0.3, 0.4) is 0 Å². The summed E-state index contributed by atoms with van der Waals surface area (Å²) in [5.74, 6) is 0.627. The van der Waals surface area contributed by atoms with Crippen molar-refractivity contribution in [2.75, 3.05) is 18.4 Å². The number of hydrogen-bond donors (Lipinski definition) is 2. The molecule has 2 N–H and O–H groups in total. The summed E-state index contributed by atoms with van der Waals surface area (Å²) in [5.41, 5.74) is 3.88. The van der Waals surface area contributed by atoms with Crippen molar-refractivity contribution < 1.29 is 0 Å². The number of hydrogen-bond acceptors (Lipinski definition) is 4. The Kier molecular flexibility index (Phi) is 5.03. The second kappa shape index (κ2) is 7.76. The highest BCUT2D eigenvalue weighted by Crippen LogP contribution is 2.28. The largest absolute Gasteiger partial charge is 0.356 e. The van der Waals surface area contributed by atoms with E-state index in [-0.39, 0.29) is 11.6 Å². The lowest BCUT2D eigenvalue weighted by molar-refractivity contribution is 0.577. The Bertz CT molecular complexity index is 927. The lowest BCUT2D eigenvalue weighted by Crippen LogP contribution is -2.38. The number of aromatic nitrogens is 2. The molecule has 1 aliphatic heterocycles. The Morgan fingerprint density at radius 3 is 2.30 bits per heavy atom. The third-order valence-electron chi connectivity index (χ3n) is 4.96. The fourth-order valence-electron chi connectivity index (χ4n) is 3.72. The minimum absolute atomic E-state index is 0.0511. The zero-order chi connectivity index (χ0) is 18.6. The Hall–Kier alpha value is -2.92. The lowest BCUT2D eigenvalue weighted by Gasteiger charge is -2.27. The van der Waals surface area contributed by atoms with Gasteiger partial charge in [-0.25, -0.2) is 4.98 Å². The molecule has 4 rings (SSSR count). The van der Waals surface area contributed by atoms with Crippen LogP contribution in [0.1, 0.15) is 35.3 Å². The van der Waals surface area contributed by atoms with Gasteiger partial charge in [0, 0.05) is 18.7 Å². The molecule has 0 spiro atoms. The summed E-state index contributed by atoms with van der Waals surface area (Å²) >= 11 is 0. The van der Waals surface area contributed by atoms with Crippen LogP contribution in [0.5, 0.6) is 0 Å². The van der Waals surface area contributed by atoms with Gasteiger partial charge in [-0.05, 0) is 31.0 Å². The van der Waals surface area contributed by atoms with Crippen LogP contribution in [-0.4, -0.2) is 22.6 Å². The van der Waals surface area contributed by atoms with E-state index < -0.39 is 0 Å². The molecule has 27 heavy (non-hydrogen) atoms. The molecule has 0 radical (unpaired) electrons. The standard InChI is InChI=1S/C22H24N4O/c1-2-24-22-25-19-15-23-14-13-18(19)21(27)26(22)20(16-9-5-3-6-10-16)17-11-7-4-8-12-17/h3-12,20,23H,2,13-15H2,1H3,(H,24,25). The minimum Gasteiger partial charge on any atom is -0.356 e. The van der Waals surface area contributed by atoms with E-state index in [1.165, 1.54) is 0 Å². The molecule has 0 saturated carbocycles. The van der Waals surface area contributed by atoms with Gasteiger partial charge < -0.3 is 10.6 Å². The highest BCUT2D eigenvalue weighted by atomic mass is 16.1. The summed E-state index contributed by atoms with van der Waals surface area (Å²) in [4.78, 5) is 18.4. The summed E-state index contributed by atoms with van der Waals surface area (Å²) in [6.07, 6.45) is 0.712. The van der Waals surface area contributed by atoms with Crippen LogP contribution in [0.25, 0.3) is 0 Å². The summed E-state index contributed by atoms with van der Waals surface area (Å²) in [7, 11) is 0. The van der Waals surface area contributed by atoms with Gasteiger partial charge in [-0.1, -0.05) is 60.7 Å². The highest BCUT2D eigenvalue weighted by molar-refractivity contribution is 5.40. The molecule has 0 aliphatic carbocycles. The summed E-state index contributed by atoms with van der Waals surface area (Å²) in [5, 5.41) is 6.62. The first-order valence-electron chi connectivity index (χ1n) is 9.48. The van der Waals surface area contributed by atoms with Crippen LogP contribution in [0.15, 0.2) is 65.5 Å². The first-order chi connectivity index (χ1) is 13.3. The van der Waals surface area contributed by atoms with Gasteiger partial charge in [0.1, 0.15) is 0 Å². The maximum absolute atomic E-state index is 13.6. The predicted octanol–water partition coefficient (Wildman–Crippen LogP) is 2.96. The molecule has 1 aliphatic rings. The molecule has 0 fully saturated rings. The molecule has 5 nitrogen and oxygen atoms in total. The van der Waals surface area contributed by atoms with Gasteiger partial charge in [-0.2, -0.15) is 0 Å².